The van der Waals surface area contributed by atoms with Crippen molar-refractivity contribution in [3.05, 3.63) is 30.1 Å². The second kappa shape index (κ2) is 5.25. The second-order valence-corrected chi connectivity index (χ2v) is 3.83. The van der Waals surface area contributed by atoms with E-state index in [-0.39, 0.29) is 5.82 Å². The summed E-state index contributed by atoms with van der Waals surface area (Å²) >= 11 is 1.66. The summed E-state index contributed by atoms with van der Waals surface area (Å²) in [5.41, 5.74) is 0. The Bertz CT molecular complexity index is 244. The van der Waals surface area contributed by atoms with Crippen LogP contribution in [0.3, 0.4) is 0 Å². The lowest BCUT2D eigenvalue weighted by molar-refractivity contribution is 0.525. The summed E-state index contributed by atoms with van der Waals surface area (Å²) < 4.78 is 14.8. The molecule has 3 heteroatoms. The molecule has 0 N–H and O–H groups in total. The molecule has 0 saturated heterocycles. The SMILES string of the molecule is CCN(CC)Sc1ccc(F)cc1. The van der Waals surface area contributed by atoms with E-state index in [1.54, 1.807) is 24.1 Å². The minimum Gasteiger partial charge on any atom is -0.247 e. The zero-order chi connectivity index (χ0) is 9.68. The maximum absolute atomic E-state index is 12.6. The summed E-state index contributed by atoms with van der Waals surface area (Å²) in [4.78, 5) is 1.09. The zero-order valence-electron chi connectivity index (χ0n) is 7.96. The van der Waals surface area contributed by atoms with Gasteiger partial charge in [-0.25, -0.2) is 8.70 Å². The average molecular weight is 199 g/mol. The van der Waals surface area contributed by atoms with Crippen molar-refractivity contribution in [2.45, 2.75) is 18.7 Å². The molecule has 0 radical (unpaired) electrons. The Kier molecular flexibility index (Phi) is 4.25. The number of rotatable bonds is 4. The lowest BCUT2D eigenvalue weighted by Crippen LogP contribution is -2.13. The molecular weight excluding hydrogens is 185 g/mol. The first-order valence-electron chi connectivity index (χ1n) is 4.44. The third kappa shape index (κ3) is 3.36. The number of hydrogen-bond acceptors (Lipinski definition) is 2. The number of nitrogens with zero attached hydrogens (tertiary/aromatic N) is 1. The van der Waals surface area contributed by atoms with Crippen molar-refractivity contribution in [1.82, 2.24) is 4.31 Å². The Morgan fingerprint density at radius 3 is 2.15 bits per heavy atom. The molecule has 0 spiro atoms. The predicted octanol–water partition coefficient (Wildman–Crippen LogP) is 3.17. The van der Waals surface area contributed by atoms with E-state index in [0.29, 0.717) is 0 Å². The first-order valence-corrected chi connectivity index (χ1v) is 5.22. The van der Waals surface area contributed by atoms with Crippen LogP contribution in [-0.4, -0.2) is 17.4 Å². The van der Waals surface area contributed by atoms with Gasteiger partial charge in [-0.2, -0.15) is 0 Å². The molecule has 0 bridgehead atoms. The van der Waals surface area contributed by atoms with Crippen LogP contribution in [0.4, 0.5) is 4.39 Å². The van der Waals surface area contributed by atoms with Gasteiger partial charge in [-0.1, -0.05) is 13.8 Å². The Balaban J connectivity index is 2.58. The van der Waals surface area contributed by atoms with Crippen molar-refractivity contribution >= 4 is 11.9 Å². The molecule has 0 aliphatic heterocycles. The summed E-state index contributed by atoms with van der Waals surface area (Å²) in [7, 11) is 0. The van der Waals surface area contributed by atoms with Gasteiger partial charge in [-0.3, -0.25) is 0 Å². The van der Waals surface area contributed by atoms with Crippen LogP contribution in [0.15, 0.2) is 29.2 Å². The monoisotopic (exact) mass is 199 g/mol. The fourth-order valence-electron chi connectivity index (χ4n) is 0.997. The third-order valence-corrected chi connectivity index (χ3v) is 3.01. The molecule has 0 aromatic heterocycles. The van der Waals surface area contributed by atoms with Crippen molar-refractivity contribution in [2.75, 3.05) is 13.1 Å². The van der Waals surface area contributed by atoms with Gasteiger partial charge in [0.1, 0.15) is 5.82 Å². The van der Waals surface area contributed by atoms with Gasteiger partial charge in [-0.05, 0) is 36.2 Å². The minimum atomic E-state index is -0.177. The Morgan fingerprint density at radius 2 is 1.69 bits per heavy atom. The normalized spacial score (nSPS) is 10.8. The molecule has 0 fully saturated rings. The fraction of sp³-hybridized carbons (Fsp3) is 0.400. The lowest BCUT2D eigenvalue weighted by Gasteiger charge is -2.16. The van der Waals surface area contributed by atoms with Gasteiger partial charge in [0.25, 0.3) is 0 Å². The first kappa shape index (κ1) is 10.5. The van der Waals surface area contributed by atoms with Crippen molar-refractivity contribution < 1.29 is 4.39 Å². The number of hydrogen-bond donors (Lipinski definition) is 0. The zero-order valence-corrected chi connectivity index (χ0v) is 8.77. The smallest absolute Gasteiger partial charge is 0.123 e. The van der Waals surface area contributed by atoms with E-state index in [2.05, 4.69) is 18.2 Å². The first-order chi connectivity index (χ1) is 6.26. The van der Waals surface area contributed by atoms with Gasteiger partial charge < -0.3 is 0 Å². The molecule has 0 saturated carbocycles. The molecule has 0 aliphatic rings. The molecule has 0 heterocycles. The second-order valence-electron chi connectivity index (χ2n) is 2.66. The van der Waals surface area contributed by atoms with E-state index < -0.39 is 0 Å². The van der Waals surface area contributed by atoms with Crippen LogP contribution in [0, 0.1) is 5.82 Å². The van der Waals surface area contributed by atoms with Gasteiger partial charge in [0, 0.05) is 18.0 Å². The molecule has 72 valence electrons. The Labute approximate surface area is 83.1 Å². The van der Waals surface area contributed by atoms with Gasteiger partial charge in [0.05, 0.1) is 0 Å². The highest BCUT2D eigenvalue weighted by Gasteiger charge is 2.01. The molecule has 0 unspecified atom stereocenters. The van der Waals surface area contributed by atoms with E-state index in [4.69, 9.17) is 0 Å². The Morgan fingerprint density at radius 1 is 1.15 bits per heavy atom. The molecule has 1 aromatic rings. The maximum Gasteiger partial charge on any atom is 0.123 e. The topological polar surface area (TPSA) is 3.24 Å². The average Bonchev–Trinajstić information content (AvgIpc) is 2.17. The molecule has 1 nitrogen and oxygen atoms in total. The lowest BCUT2D eigenvalue weighted by atomic mass is 10.4. The van der Waals surface area contributed by atoms with Gasteiger partial charge in [-0.15, -0.1) is 0 Å². The van der Waals surface area contributed by atoms with Crippen molar-refractivity contribution in [2.24, 2.45) is 0 Å². The standard InChI is InChI=1S/C10H14FNS/c1-3-12(4-2)13-10-7-5-9(11)6-8-10/h5-8H,3-4H2,1-2H3. The number of halogens is 1. The van der Waals surface area contributed by atoms with Crippen LogP contribution in [0.25, 0.3) is 0 Å². The summed E-state index contributed by atoms with van der Waals surface area (Å²) in [6.07, 6.45) is 0. The van der Waals surface area contributed by atoms with Crippen LogP contribution in [0.1, 0.15) is 13.8 Å². The van der Waals surface area contributed by atoms with Crippen LogP contribution in [-0.2, 0) is 0 Å². The van der Waals surface area contributed by atoms with E-state index >= 15 is 0 Å². The quantitative estimate of drug-likeness (QED) is 0.685. The van der Waals surface area contributed by atoms with Crippen LogP contribution < -0.4 is 0 Å². The van der Waals surface area contributed by atoms with Gasteiger partial charge in [0.15, 0.2) is 0 Å². The largest absolute Gasteiger partial charge is 0.247 e. The van der Waals surface area contributed by atoms with Crippen LogP contribution >= 0.6 is 11.9 Å². The highest BCUT2D eigenvalue weighted by Crippen LogP contribution is 2.21. The molecule has 0 amide bonds. The number of benzene rings is 1. The van der Waals surface area contributed by atoms with Crippen LogP contribution in [0.2, 0.25) is 0 Å². The van der Waals surface area contributed by atoms with E-state index in [0.717, 1.165) is 18.0 Å². The van der Waals surface area contributed by atoms with Gasteiger partial charge in [0.2, 0.25) is 0 Å². The van der Waals surface area contributed by atoms with Crippen molar-refractivity contribution in [3.8, 4) is 0 Å². The van der Waals surface area contributed by atoms with Crippen molar-refractivity contribution in [3.63, 3.8) is 0 Å². The van der Waals surface area contributed by atoms with Gasteiger partial charge >= 0.3 is 0 Å². The third-order valence-electron chi connectivity index (χ3n) is 1.75. The molecule has 0 atom stereocenters. The summed E-state index contributed by atoms with van der Waals surface area (Å²) in [5.74, 6) is -0.177. The molecule has 13 heavy (non-hydrogen) atoms. The highest BCUT2D eigenvalue weighted by molar-refractivity contribution is 7.97. The highest BCUT2D eigenvalue weighted by atomic mass is 32.2. The molecule has 1 rings (SSSR count). The Hall–Kier alpha value is -0.540. The summed E-state index contributed by atoms with van der Waals surface area (Å²) in [5, 5.41) is 0. The van der Waals surface area contributed by atoms with E-state index in [9.17, 15) is 4.39 Å². The van der Waals surface area contributed by atoms with Crippen molar-refractivity contribution in [1.29, 1.82) is 0 Å². The van der Waals surface area contributed by atoms with E-state index in [1.165, 1.54) is 12.1 Å². The summed E-state index contributed by atoms with van der Waals surface area (Å²) in [6, 6.07) is 6.59. The molecule has 0 aliphatic carbocycles. The molecule has 1 aromatic carbocycles. The van der Waals surface area contributed by atoms with E-state index in [1.807, 2.05) is 0 Å². The maximum atomic E-state index is 12.6. The fourth-order valence-corrected chi connectivity index (χ4v) is 1.81. The summed E-state index contributed by atoms with van der Waals surface area (Å²) in [6.45, 7) is 6.22. The molecular formula is C10H14FNS. The predicted molar refractivity (Wildman–Crippen MR) is 55.2 cm³/mol. The van der Waals surface area contributed by atoms with Crippen LogP contribution in [0.5, 0.6) is 0 Å². The minimum absolute atomic E-state index is 0.177.